The van der Waals surface area contributed by atoms with Gasteiger partial charge in [-0.15, -0.1) is 0 Å². The van der Waals surface area contributed by atoms with Crippen LogP contribution in [-0.2, 0) is 11.3 Å². The highest BCUT2D eigenvalue weighted by atomic mass is 35.5. The van der Waals surface area contributed by atoms with E-state index < -0.39 is 0 Å². The van der Waals surface area contributed by atoms with Crippen LogP contribution in [0, 0.1) is 0 Å². The lowest BCUT2D eigenvalue weighted by molar-refractivity contribution is -0.131. The molecule has 0 fully saturated rings. The van der Waals surface area contributed by atoms with E-state index in [0.717, 1.165) is 0 Å². The van der Waals surface area contributed by atoms with Crippen molar-refractivity contribution < 1.29 is 14.3 Å². The zero-order valence-electron chi connectivity index (χ0n) is 11.4. The van der Waals surface area contributed by atoms with Crippen molar-refractivity contribution in [3.8, 4) is 11.5 Å². The van der Waals surface area contributed by atoms with E-state index in [9.17, 15) is 4.79 Å². The fraction of sp³-hybridized carbons (Fsp3) is 0.462. The van der Waals surface area contributed by atoms with Crippen molar-refractivity contribution >= 4 is 17.5 Å². The van der Waals surface area contributed by atoms with Gasteiger partial charge in [0.05, 0.1) is 7.11 Å². The Kier molecular flexibility index (Phi) is 5.92. The highest BCUT2D eigenvalue weighted by molar-refractivity contribution is 6.30. The average Bonchev–Trinajstić information content (AvgIpc) is 2.43. The molecule has 0 atom stereocenters. The van der Waals surface area contributed by atoms with Crippen molar-refractivity contribution in [3.63, 3.8) is 0 Å². The fourth-order valence-corrected chi connectivity index (χ4v) is 1.74. The molecule has 0 unspecified atom stereocenters. The monoisotopic (exact) mass is 286 g/mol. The lowest BCUT2D eigenvalue weighted by atomic mass is 10.2. The van der Waals surface area contributed by atoms with Gasteiger partial charge in [0.25, 0.3) is 5.91 Å². The molecule has 0 saturated carbocycles. The van der Waals surface area contributed by atoms with Crippen molar-refractivity contribution in [1.29, 1.82) is 0 Å². The van der Waals surface area contributed by atoms with Gasteiger partial charge in [0.2, 0.25) is 0 Å². The summed E-state index contributed by atoms with van der Waals surface area (Å²) in [6.45, 7) is 2.72. The van der Waals surface area contributed by atoms with Gasteiger partial charge < -0.3 is 20.1 Å². The number of carbonyl (C=O) groups excluding carboxylic acids is 1. The Bertz CT molecular complexity index is 427. The minimum atomic E-state index is -0.109. The van der Waals surface area contributed by atoms with Gasteiger partial charge in [-0.2, -0.15) is 0 Å². The molecule has 0 aromatic heterocycles. The molecule has 1 aromatic rings. The maximum Gasteiger partial charge on any atom is 0.260 e. The quantitative estimate of drug-likeness (QED) is 0.864. The summed E-state index contributed by atoms with van der Waals surface area (Å²) in [7, 11) is 3.23. The van der Waals surface area contributed by atoms with Crippen LogP contribution < -0.4 is 15.2 Å². The minimum Gasteiger partial charge on any atom is -0.493 e. The van der Waals surface area contributed by atoms with Crippen LogP contribution in [-0.4, -0.2) is 38.1 Å². The molecule has 1 aromatic carbocycles. The number of hydrogen-bond donors (Lipinski definition) is 1. The third-order valence-corrected chi connectivity index (χ3v) is 2.99. The first-order valence-corrected chi connectivity index (χ1v) is 6.34. The van der Waals surface area contributed by atoms with Crippen molar-refractivity contribution in [1.82, 2.24) is 4.90 Å². The van der Waals surface area contributed by atoms with Crippen LogP contribution in [0.3, 0.4) is 0 Å². The van der Waals surface area contributed by atoms with E-state index in [1.54, 1.807) is 24.1 Å². The Morgan fingerprint density at radius 2 is 2.16 bits per heavy atom. The van der Waals surface area contributed by atoms with Crippen molar-refractivity contribution in [2.45, 2.75) is 13.5 Å². The first-order valence-electron chi connectivity index (χ1n) is 5.96. The first kappa shape index (κ1) is 15.6. The normalized spacial score (nSPS) is 10.2. The second-order valence-electron chi connectivity index (χ2n) is 4.00. The Labute approximate surface area is 118 Å². The standard InChI is InChI=1S/C13H19ClN2O3/c1-4-16(2)12(17)8-19-13-9(7-15)5-10(14)6-11(13)18-3/h5-6H,4,7-8,15H2,1-3H3. The number of ether oxygens (including phenoxy) is 2. The third-order valence-electron chi connectivity index (χ3n) is 2.78. The minimum absolute atomic E-state index is 0.0602. The highest BCUT2D eigenvalue weighted by Gasteiger charge is 2.14. The lowest BCUT2D eigenvalue weighted by Gasteiger charge is -2.18. The van der Waals surface area contributed by atoms with E-state index in [4.69, 9.17) is 26.8 Å². The van der Waals surface area contributed by atoms with Crippen LogP contribution in [0.5, 0.6) is 11.5 Å². The number of hydrogen-bond acceptors (Lipinski definition) is 4. The van der Waals surface area contributed by atoms with Gasteiger partial charge >= 0.3 is 0 Å². The first-order chi connectivity index (χ1) is 9.03. The Morgan fingerprint density at radius 1 is 1.47 bits per heavy atom. The summed E-state index contributed by atoms with van der Waals surface area (Å²) in [4.78, 5) is 13.3. The summed E-state index contributed by atoms with van der Waals surface area (Å²) in [5, 5.41) is 0.515. The number of rotatable bonds is 6. The Hall–Kier alpha value is -1.46. The van der Waals surface area contributed by atoms with Crippen LogP contribution in [0.4, 0.5) is 0 Å². The molecule has 0 aliphatic rings. The molecule has 6 heteroatoms. The lowest BCUT2D eigenvalue weighted by Crippen LogP contribution is -2.31. The van der Waals surface area contributed by atoms with Crippen LogP contribution in [0.1, 0.15) is 12.5 Å². The summed E-state index contributed by atoms with van der Waals surface area (Å²) in [6.07, 6.45) is 0. The molecular weight excluding hydrogens is 268 g/mol. The SMILES string of the molecule is CCN(C)C(=O)COc1c(CN)cc(Cl)cc1OC. The molecule has 0 radical (unpaired) electrons. The fourth-order valence-electron chi connectivity index (χ4n) is 1.51. The second kappa shape index (κ2) is 7.21. The van der Waals surface area contributed by atoms with Crippen LogP contribution in [0.15, 0.2) is 12.1 Å². The smallest absolute Gasteiger partial charge is 0.260 e. The molecule has 19 heavy (non-hydrogen) atoms. The number of nitrogens with zero attached hydrogens (tertiary/aromatic N) is 1. The number of benzene rings is 1. The number of nitrogens with two attached hydrogens (primary N) is 1. The maximum absolute atomic E-state index is 11.7. The largest absolute Gasteiger partial charge is 0.493 e. The van der Waals surface area contributed by atoms with E-state index in [-0.39, 0.29) is 19.1 Å². The summed E-state index contributed by atoms with van der Waals surface area (Å²) in [5.41, 5.74) is 6.35. The second-order valence-corrected chi connectivity index (χ2v) is 4.43. The molecule has 0 aliphatic heterocycles. The van der Waals surface area contributed by atoms with E-state index >= 15 is 0 Å². The molecule has 106 valence electrons. The molecule has 2 N–H and O–H groups in total. The highest BCUT2D eigenvalue weighted by Crippen LogP contribution is 2.34. The van der Waals surface area contributed by atoms with Crippen LogP contribution in [0.25, 0.3) is 0 Å². The third kappa shape index (κ3) is 4.01. The van der Waals surface area contributed by atoms with E-state index in [2.05, 4.69) is 0 Å². The number of amides is 1. The number of halogens is 1. The Balaban J connectivity index is 2.90. The molecule has 1 amide bonds. The predicted molar refractivity (Wildman–Crippen MR) is 74.7 cm³/mol. The number of methoxy groups -OCH3 is 1. The molecule has 0 spiro atoms. The molecule has 0 aliphatic carbocycles. The van der Waals surface area contributed by atoms with Crippen molar-refractivity contribution in [2.24, 2.45) is 5.73 Å². The van der Waals surface area contributed by atoms with Crippen LogP contribution in [0.2, 0.25) is 5.02 Å². The van der Waals surface area contributed by atoms with Gasteiger partial charge in [-0.25, -0.2) is 0 Å². The van der Waals surface area contributed by atoms with E-state index in [0.29, 0.717) is 28.6 Å². The number of carbonyl (C=O) groups is 1. The predicted octanol–water partition coefficient (Wildman–Crippen LogP) is 1.66. The maximum atomic E-state index is 11.7. The molecular formula is C13H19ClN2O3. The van der Waals surface area contributed by atoms with Gasteiger partial charge in [0.15, 0.2) is 18.1 Å². The summed E-state index contributed by atoms with van der Waals surface area (Å²) in [5.74, 6) is 0.828. The van der Waals surface area contributed by atoms with Gasteiger partial charge in [-0.05, 0) is 13.0 Å². The van der Waals surface area contributed by atoms with Gasteiger partial charge in [-0.1, -0.05) is 11.6 Å². The zero-order chi connectivity index (χ0) is 14.4. The van der Waals surface area contributed by atoms with E-state index in [1.165, 1.54) is 7.11 Å². The average molecular weight is 287 g/mol. The number of likely N-dealkylation sites (N-methyl/N-ethyl adjacent to an activating group) is 1. The Morgan fingerprint density at radius 3 is 2.68 bits per heavy atom. The van der Waals surface area contributed by atoms with Gasteiger partial charge in [0.1, 0.15) is 0 Å². The molecule has 0 bridgehead atoms. The summed E-state index contributed by atoms with van der Waals surface area (Å²) in [6, 6.07) is 3.33. The van der Waals surface area contributed by atoms with Crippen molar-refractivity contribution in [2.75, 3.05) is 27.3 Å². The summed E-state index contributed by atoms with van der Waals surface area (Å²) < 4.78 is 10.7. The molecule has 5 nitrogen and oxygen atoms in total. The van der Waals surface area contributed by atoms with Crippen LogP contribution >= 0.6 is 11.6 Å². The van der Waals surface area contributed by atoms with E-state index in [1.807, 2.05) is 6.92 Å². The molecule has 0 heterocycles. The zero-order valence-corrected chi connectivity index (χ0v) is 12.2. The molecule has 0 saturated heterocycles. The van der Waals surface area contributed by atoms with Gasteiger partial charge in [0, 0.05) is 36.8 Å². The molecule has 1 rings (SSSR count). The van der Waals surface area contributed by atoms with Crippen molar-refractivity contribution in [3.05, 3.63) is 22.7 Å². The summed E-state index contributed by atoms with van der Waals surface area (Å²) >= 11 is 5.95. The topological polar surface area (TPSA) is 64.8 Å². The van der Waals surface area contributed by atoms with Gasteiger partial charge in [-0.3, -0.25) is 4.79 Å².